The molecule has 1 N–H and O–H groups in total. The molecule has 2 saturated carbocycles. The van der Waals surface area contributed by atoms with Crippen LogP contribution in [-0.2, 0) is 4.79 Å². The molecule has 2 bridgehead atoms. The van der Waals surface area contributed by atoms with Crippen LogP contribution < -0.4 is 5.32 Å². The number of hydrogen-bond acceptors (Lipinski definition) is 1. The van der Waals surface area contributed by atoms with Crippen molar-refractivity contribution in [3.63, 3.8) is 0 Å². The number of anilines is 1. The molecule has 0 unspecified atom stereocenters. The van der Waals surface area contributed by atoms with Gasteiger partial charge in [-0.25, -0.2) is 0 Å². The van der Waals surface area contributed by atoms with Crippen molar-refractivity contribution in [2.45, 2.75) is 33.1 Å². The van der Waals surface area contributed by atoms with Gasteiger partial charge >= 0.3 is 0 Å². The summed E-state index contributed by atoms with van der Waals surface area (Å²) in [5.74, 6) is 0.665. The third kappa shape index (κ3) is 1.81. The van der Waals surface area contributed by atoms with Crippen LogP contribution in [0, 0.1) is 16.7 Å². The summed E-state index contributed by atoms with van der Waals surface area (Å²) in [4.78, 5) is 12.8. The lowest BCUT2D eigenvalue weighted by molar-refractivity contribution is -0.123. The second-order valence-corrected chi connectivity index (χ2v) is 7.12. The van der Waals surface area contributed by atoms with Crippen molar-refractivity contribution < 1.29 is 4.79 Å². The topological polar surface area (TPSA) is 29.1 Å². The summed E-state index contributed by atoms with van der Waals surface area (Å²) >= 11 is 5.97. The molecule has 3 heteroatoms. The first-order valence-corrected chi connectivity index (χ1v) is 7.51. The molecular formula is C17H20ClNO. The highest BCUT2D eigenvalue weighted by molar-refractivity contribution is 6.30. The molecule has 2 fully saturated rings. The van der Waals surface area contributed by atoms with E-state index in [-0.39, 0.29) is 16.7 Å². The third-order valence-corrected chi connectivity index (χ3v) is 5.64. The summed E-state index contributed by atoms with van der Waals surface area (Å²) in [6.45, 7) is 8.69. The fourth-order valence-corrected chi connectivity index (χ4v) is 4.15. The van der Waals surface area contributed by atoms with Crippen LogP contribution in [0.4, 0.5) is 5.69 Å². The molecule has 1 aromatic rings. The maximum atomic E-state index is 12.8. The van der Waals surface area contributed by atoms with Crippen LogP contribution in [0.1, 0.15) is 33.1 Å². The number of benzene rings is 1. The Labute approximate surface area is 125 Å². The van der Waals surface area contributed by atoms with E-state index >= 15 is 0 Å². The monoisotopic (exact) mass is 289 g/mol. The fraction of sp³-hybridized carbons (Fsp3) is 0.471. The lowest BCUT2D eigenvalue weighted by atomic mass is 9.68. The van der Waals surface area contributed by atoms with Crippen molar-refractivity contribution in [2.75, 3.05) is 5.32 Å². The quantitative estimate of drug-likeness (QED) is 0.788. The van der Waals surface area contributed by atoms with Crippen LogP contribution in [0.25, 0.3) is 0 Å². The molecule has 2 nitrogen and oxygen atoms in total. The number of fused-ring (bicyclic) bond motifs is 2. The Morgan fingerprint density at radius 1 is 1.45 bits per heavy atom. The summed E-state index contributed by atoms with van der Waals surface area (Å²) in [6.07, 6.45) is 2.98. The second-order valence-electron chi connectivity index (χ2n) is 6.69. The van der Waals surface area contributed by atoms with Crippen molar-refractivity contribution >= 4 is 23.2 Å². The highest BCUT2D eigenvalue weighted by Crippen LogP contribution is 2.65. The summed E-state index contributed by atoms with van der Waals surface area (Å²) in [5, 5.41) is 3.66. The zero-order chi connectivity index (χ0) is 14.5. The van der Waals surface area contributed by atoms with Gasteiger partial charge in [-0.15, -0.1) is 0 Å². The Balaban J connectivity index is 1.86. The average Bonchev–Trinajstić information content (AvgIpc) is 2.90. The van der Waals surface area contributed by atoms with E-state index in [0.29, 0.717) is 10.9 Å². The molecule has 1 amide bonds. The van der Waals surface area contributed by atoms with Gasteiger partial charge in [0.15, 0.2) is 0 Å². The Morgan fingerprint density at radius 2 is 2.20 bits per heavy atom. The van der Waals surface area contributed by atoms with Crippen molar-refractivity contribution in [2.24, 2.45) is 16.7 Å². The number of nitrogens with one attached hydrogen (secondary N) is 1. The van der Waals surface area contributed by atoms with E-state index in [1.807, 2.05) is 12.1 Å². The van der Waals surface area contributed by atoms with Crippen LogP contribution in [0.3, 0.4) is 0 Å². The normalized spacial score (nSPS) is 30.6. The Hall–Kier alpha value is -1.28. The molecule has 106 valence electrons. The Bertz CT molecular complexity index is 592. The lowest BCUT2D eigenvalue weighted by Gasteiger charge is -2.37. The fourth-order valence-electron chi connectivity index (χ4n) is 3.96. The Kier molecular flexibility index (Phi) is 2.98. The molecule has 2 atom stereocenters. The van der Waals surface area contributed by atoms with Crippen molar-refractivity contribution in [1.29, 1.82) is 0 Å². The minimum Gasteiger partial charge on any atom is -0.325 e. The lowest BCUT2D eigenvalue weighted by Crippen LogP contribution is -2.37. The molecule has 2 aliphatic carbocycles. The van der Waals surface area contributed by atoms with Crippen molar-refractivity contribution in [1.82, 2.24) is 0 Å². The molecule has 2 aliphatic rings. The van der Waals surface area contributed by atoms with Gasteiger partial charge in [0.2, 0.25) is 5.91 Å². The predicted octanol–water partition coefficient (Wildman–Crippen LogP) is 4.66. The van der Waals surface area contributed by atoms with E-state index in [1.54, 1.807) is 12.1 Å². The Morgan fingerprint density at radius 3 is 2.80 bits per heavy atom. The molecule has 0 saturated heterocycles. The minimum absolute atomic E-state index is 0.0733. The standard InChI is InChI=1S/C17H20ClNO/c1-11-16(2,3)12-7-8-17(11,10-12)15(20)19-14-6-4-5-13(18)9-14/h4-6,9,12H,1,7-8,10H2,2-3H3,(H,19,20)/t12-,17-/m0/s1. The SMILES string of the molecule is C=C1C(C)(C)[C@H]2CC[C@]1(C(=O)Nc1cccc(Cl)c1)C2. The number of halogens is 1. The summed E-state index contributed by atoms with van der Waals surface area (Å²) in [5.41, 5.74) is 1.55. The molecule has 0 heterocycles. The zero-order valence-electron chi connectivity index (χ0n) is 12.0. The predicted molar refractivity (Wildman–Crippen MR) is 82.8 cm³/mol. The highest BCUT2D eigenvalue weighted by Gasteiger charge is 2.60. The second kappa shape index (κ2) is 4.36. The summed E-state index contributed by atoms with van der Waals surface area (Å²) in [6, 6.07) is 7.31. The van der Waals surface area contributed by atoms with Gasteiger partial charge in [0.05, 0.1) is 5.41 Å². The van der Waals surface area contributed by atoms with E-state index in [1.165, 1.54) is 0 Å². The van der Waals surface area contributed by atoms with Gasteiger partial charge in [-0.2, -0.15) is 0 Å². The first kappa shape index (κ1) is 13.7. The first-order valence-electron chi connectivity index (χ1n) is 7.13. The van der Waals surface area contributed by atoms with Gasteiger partial charge in [0, 0.05) is 10.7 Å². The third-order valence-electron chi connectivity index (χ3n) is 5.41. The summed E-state index contributed by atoms with van der Waals surface area (Å²) in [7, 11) is 0. The molecule has 0 radical (unpaired) electrons. The molecule has 1 aromatic carbocycles. The first-order chi connectivity index (χ1) is 9.36. The number of amides is 1. The molecule has 0 aliphatic heterocycles. The van der Waals surface area contributed by atoms with Gasteiger partial charge in [-0.05, 0) is 48.8 Å². The van der Waals surface area contributed by atoms with Crippen LogP contribution >= 0.6 is 11.6 Å². The van der Waals surface area contributed by atoms with E-state index in [0.717, 1.165) is 30.5 Å². The zero-order valence-corrected chi connectivity index (χ0v) is 12.8. The van der Waals surface area contributed by atoms with Gasteiger partial charge in [-0.3, -0.25) is 4.79 Å². The minimum atomic E-state index is -0.378. The number of hydrogen-bond donors (Lipinski definition) is 1. The largest absolute Gasteiger partial charge is 0.325 e. The van der Waals surface area contributed by atoms with Crippen LogP contribution in [0.15, 0.2) is 36.4 Å². The van der Waals surface area contributed by atoms with Gasteiger partial charge in [0.1, 0.15) is 0 Å². The van der Waals surface area contributed by atoms with E-state index in [9.17, 15) is 4.79 Å². The van der Waals surface area contributed by atoms with E-state index in [4.69, 9.17) is 11.6 Å². The molecule has 20 heavy (non-hydrogen) atoms. The number of rotatable bonds is 2. The van der Waals surface area contributed by atoms with Gasteiger partial charge in [-0.1, -0.05) is 43.7 Å². The molecule has 3 rings (SSSR count). The van der Waals surface area contributed by atoms with E-state index in [2.05, 4.69) is 25.7 Å². The smallest absolute Gasteiger partial charge is 0.234 e. The maximum absolute atomic E-state index is 12.8. The number of carbonyl (C=O) groups excluding carboxylic acids is 1. The van der Waals surface area contributed by atoms with E-state index < -0.39 is 0 Å². The molecule has 0 aromatic heterocycles. The molecule has 0 spiro atoms. The maximum Gasteiger partial charge on any atom is 0.234 e. The molecular weight excluding hydrogens is 270 g/mol. The van der Waals surface area contributed by atoms with Crippen molar-refractivity contribution in [3.05, 3.63) is 41.4 Å². The van der Waals surface area contributed by atoms with Crippen molar-refractivity contribution in [3.8, 4) is 0 Å². The van der Waals surface area contributed by atoms with Crippen LogP contribution in [0.2, 0.25) is 5.02 Å². The van der Waals surface area contributed by atoms with Crippen LogP contribution in [-0.4, -0.2) is 5.91 Å². The summed E-state index contributed by atoms with van der Waals surface area (Å²) < 4.78 is 0. The van der Waals surface area contributed by atoms with Crippen LogP contribution in [0.5, 0.6) is 0 Å². The van der Waals surface area contributed by atoms with Gasteiger partial charge in [0.25, 0.3) is 0 Å². The average molecular weight is 290 g/mol. The highest BCUT2D eigenvalue weighted by atomic mass is 35.5. The number of carbonyl (C=O) groups is 1. The van der Waals surface area contributed by atoms with Gasteiger partial charge < -0.3 is 5.32 Å².